The Morgan fingerprint density at radius 3 is 1.40 bits per heavy atom. The van der Waals surface area contributed by atoms with Gasteiger partial charge in [0.1, 0.15) is 0 Å². The highest BCUT2D eigenvalue weighted by atomic mass is 35.5. The third-order valence-corrected chi connectivity index (χ3v) is 12.0. The van der Waals surface area contributed by atoms with Crippen molar-refractivity contribution in [3.8, 4) is 0 Å². The molecule has 0 aliphatic heterocycles. The summed E-state index contributed by atoms with van der Waals surface area (Å²) in [4.78, 5) is 0. The molecule has 0 saturated carbocycles. The molecule has 1 atom stereocenters. The second-order valence-electron chi connectivity index (χ2n) is 7.89. The van der Waals surface area contributed by atoms with E-state index in [9.17, 15) is 0 Å². The SMILES string of the molecule is ClC1=C(Cl)C(=C(c2c(Cl)c(Cl)c(Cl)c(Cl)c2Cl)c2c(Cl)c(Cl)c(Cl)c(Cl)c2Cl)C(Cl)C(Cl)=C1/C=C/C1=C=CC=C1. The Kier molecular flexibility index (Phi) is 11.2. The first-order chi connectivity index (χ1) is 18.7. The molecule has 2 aromatic rings. The Hall–Kier alpha value is 0.720. The molecule has 2 aliphatic carbocycles. The summed E-state index contributed by atoms with van der Waals surface area (Å²) in [6.07, 6.45) is 8.80. The summed E-state index contributed by atoms with van der Waals surface area (Å²) in [5, 5.41) is -2.35. The van der Waals surface area contributed by atoms with Gasteiger partial charge in [-0.2, -0.15) is 0 Å². The molecule has 0 nitrogen and oxygen atoms in total. The zero-order chi connectivity index (χ0) is 29.8. The van der Waals surface area contributed by atoms with Crippen molar-refractivity contribution in [3.63, 3.8) is 0 Å². The maximum Gasteiger partial charge on any atom is 0.0969 e. The summed E-state index contributed by atoms with van der Waals surface area (Å²) < 4.78 is 0. The molecule has 0 radical (unpaired) electrons. The fourth-order valence-electron chi connectivity index (χ4n) is 3.77. The summed E-state index contributed by atoms with van der Waals surface area (Å²) in [5.74, 6) is 0. The van der Waals surface area contributed by atoms with Crippen molar-refractivity contribution < 1.29 is 0 Å². The number of hydrogen-bond acceptors (Lipinski definition) is 0. The fourth-order valence-corrected chi connectivity index (χ4v) is 7.70. The van der Waals surface area contributed by atoms with Crippen molar-refractivity contribution in [2.24, 2.45) is 0 Å². The number of rotatable bonds is 4. The lowest BCUT2D eigenvalue weighted by Gasteiger charge is -2.28. The van der Waals surface area contributed by atoms with Crippen molar-refractivity contribution in [2.75, 3.05) is 0 Å². The van der Waals surface area contributed by atoms with Crippen LogP contribution >= 0.6 is 162 Å². The normalized spacial score (nSPS) is 17.2. The van der Waals surface area contributed by atoms with Crippen LogP contribution in [0, 0.1) is 0 Å². The maximum atomic E-state index is 6.95. The Morgan fingerprint density at radius 2 is 1.00 bits per heavy atom. The van der Waals surface area contributed by atoms with Crippen LogP contribution in [0.5, 0.6) is 0 Å². The lowest BCUT2D eigenvalue weighted by atomic mass is 9.87. The second kappa shape index (κ2) is 13.4. The Morgan fingerprint density at radius 1 is 0.575 bits per heavy atom. The number of hydrogen-bond donors (Lipinski definition) is 0. The van der Waals surface area contributed by atoms with Crippen molar-refractivity contribution in [1.82, 2.24) is 0 Å². The fraction of sp³-hybridized carbons (Fsp3) is 0.0385. The predicted molar refractivity (Wildman–Crippen MR) is 180 cm³/mol. The van der Waals surface area contributed by atoms with Crippen molar-refractivity contribution >= 4 is 168 Å². The number of benzene rings is 2. The quantitative estimate of drug-likeness (QED) is 0.125. The van der Waals surface area contributed by atoms with Crippen LogP contribution in [0.25, 0.3) is 5.57 Å². The van der Waals surface area contributed by atoms with Crippen molar-refractivity contribution in [1.29, 1.82) is 0 Å². The molecule has 0 saturated heterocycles. The summed E-state index contributed by atoms with van der Waals surface area (Å²) >= 11 is 92.3. The second-order valence-corrected chi connectivity index (χ2v) is 13.3. The highest BCUT2D eigenvalue weighted by Crippen LogP contribution is 2.56. The largest absolute Gasteiger partial charge is 0.113 e. The standard InChI is InChI=1S/C26H6Cl14/c27-13-8(6-5-7-3-1-2-4-7)14(28)16(30)10(15(13)29)9(11-17(31)21(35)25(39)22(36)18(11)32)12-19(33)23(37)26(40)24(38)20(12)34/h1-3,5-6,15H/b6-5+. The van der Waals surface area contributed by atoms with Gasteiger partial charge in [0.15, 0.2) is 0 Å². The van der Waals surface area contributed by atoms with Gasteiger partial charge in [-0.25, -0.2) is 0 Å². The van der Waals surface area contributed by atoms with E-state index in [1.165, 1.54) is 0 Å². The van der Waals surface area contributed by atoms with Gasteiger partial charge in [-0.3, -0.25) is 0 Å². The van der Waals surface area contributed by atoms with E-state index in [0.717, 1.165) is 5.57 Å². The van der Waals surface area contributed by atoms with Gasteiger partial charge < -0.3 is 0 Å². The molecule has 40 heavy (non-hydrogen) atoms. The summed E-state index contributed by atoms with van der Waals surface area (Å²) in [5.41, 5.74) is 4.28. The smallest absolute Gasteiger partial charge is 0.0969 e. The molecule has 208 valence electrons. The molecule has 0 aromatic heterocycles. The zero-order valence-corrected chi connectivity index (χ0v) is 29.3. The molecule has 0 fully saturated rings. The molecule has 1 unspecified atom stereocenters. The van der Waals surface area contributed by atoms with E-state index in [1.807, 2.05) is 12.2 Å². The van der Waals surface area contributed by atoms with E-state index in [4.69, 9.17) is 162 Å². The number of allylic oxidation sites excluding steroid dienone is 10. The molecular formula is C26H6Cl14. The van der Waals surface area contributed by atoms with E-state index in [-0.39, 0.29) is 87.6 Å². The lowest BCUT2D eigenvalue weighted by Crippen LogP contribution is -2.16. The van der Waals surface area contributed by atoms with Gasteiger partial charge in [0, 0.05) is 38.5 Å². The van der Waals surface area contributed by atoms with Crippen LogP contribution in [-0.2, 0) is 0 Å². The molecule has 14 heteroatoms. The van der Waals surface area contributed by atoms with Gasteiger partial charge in [-0.15, -0.1) is 17.3 Å². The van der Waals surface area contributed by atoms with Gasteiger partial charge in [-0.1, -0.05) is 163 Å². The topological polar surface area (TPSA) is 0 Å². The number of halogens is 14. The minimum atomic E-state index is -1.16. The minimum absolute atomic E-state index is 0.000833. The molecule has 2 aliphatic rings. The average Bonchev–Trinajstić information content (AvgIpc) is 3.45. The van der Waals surface area contributed by atoms with Gasteiger partial charge in [0.25, 0.3) is 0 Å². The van der Waals surface area contributed by atoms with Crippen LogP contribution < -0.4 is 0 Å². The first kappa shape index (κ1) is 33.6. The number of alkyl halides is 1. The van der Waals surface area contributed by atoms with Gasteiger partial charge >= 0.3 is 0 Å². The minimum Gasteiger partial charge on any atom is -0.113 e. The van der Waals surface area contributed by atoms with Crippen LogP contribution in [0.1, 0.15) is 11.1 Å². The molecule has 0 N–H and O–H groups in total. The molecule has 0 heterocycles. The van der Waals surface area contributed by atoms with Gasteiger partial charge in [-0.05, 0) is 18.2 Å². The van der Waals surface area contributed by atoms with Crippen LogP contribution in [0.15, 0.2) is 67.9 Å². The Bertz CT molecular complexity index is 1580. The van der Waals surface area contributed by atoms with Crippen molar-refractivity contribution in [2.45, 2.75) is 5.38 Å². The highest BCUT2D eigenvalue weighted by molar-refractivity contribution is 6.58. The van der Waals surface area contributed by atoms with Crippen molar-refractivity contribution in [3.05, 3.63) is 129 Å². The van der Waals surface area contributed by atoms with Crippen LogP contribution in [0.2, 0.25) is 50.2 Å². The lowest BCUT2D eigenvalue weighted by molar-refractivity contribution is 1.19. The first-order valence-electron chi connectivity index (χ1n) is 10.4. The monoisotopic (exact) mass is 808 g/mol. The third-order valence-electron chi connectivity index (χ3n) is 5.64. The maximum absolute atomic E-state index is 6.95. The molecule has 0 spiro atoms. The third kappa shape index (κ3) is 5.89. The summed E-state index contributed by atoms with van der Waals surface area (Å²) in [7, 11) is 0. The van der Waals surface area contributed by atoms with E-state index < -0.39 is 5.38 Å². The average molecular weight is 815 g/mol. The molecule has 0 amide bonds. The Balaban J connectivity index is 2.19. The molecule has 2 aromatic carbocycles. The Labute approximate surface area is 299 Å². The van der Waals surface area contributed by atoms with Gasteiger partial charge in [0.05, 0.1) is 65.7 Å². The van der Waals surface area contributed by atoms with E-state index in [2.05, 4.69) is 5.73 Å². The zero-order valence-electron chi connectivity index (χ0n) is 18.8. The first-order valence-corrected chi connectivity index (χ1v) is 15.8. The van der Waals surface area contributed by atoms with E-state index >= 15 is 0 Å². The van der Waals surface area contributed by atoms with Crippen LogP contribution in [0.4, 0.5) is 0 Å². The van der Waals surface area contributed by atoms with E-state index in [0.29, 0.717) is 5.57 Å². The molecule has 4 rings (SSSR count). The van der Waals surface area contributed by atoms with Gasteiger partial charge in [0.2, 0.25) is 0 Å². The van der Waals surface area contributed by atoms with Crippen LogP contribution in [0.3, 0.4) is 0 Å². The highest BCUT2D eigenvalue weighted by Gasteiger charge is 2.37. The predicted octanol–water partition coefficient (Wildman–Crippen LogP) is 15.0. The summed E-state index contributed by atoms with van der Waals surface area (Å²) in [6, 6.07) is 0. The summed E-state index contributed by atoms with van der Waals surface area (Å²) in [6.45, 7) is 0. The van der Waals surface area contributed by atoms with E-state index in [1.54, 1.807) is 18.2 Å². The molecular weight excluding hydrogens is 809 g/mol. The molecule has 0 bridgehead atoms. The van der Waals surface area contributed by atoms with Crippen LogP contribution in [-0.4, -0.2) is 5.38 Å².